The Morgan fingerprint density at radius 2 is 1.59 bits per heavy atom. The first-order valence-electron chi connectivity index (χ1n) is 7.76. The van der Waals surface area contributed by atoms with E-state index in [1.54, 1.807) is 0 Å². The van der Waals surface area contributed by atoms with Crippen molar-refractivity contribution in [1.82, 2.24) is 10.2 Å². The molecule has 1 aliphatic carbocycles. The molecule has 17 heavy (non-hydrogen) atoms. The summed E-state index contributed by atoms with van der Waals surface area (Å²) in [4.78, 5) is 2.47. The molecule has 2 fully saturated rings. The lowest BCUT2D eigenvalue weighted by molar-refractivity contribution is 0.210. The van der Waals surface area contributed by atoms with Crippen molar-refractivity contribution < 1.29 is 0 Å². The van der Waals surface area contributed by atoms with Crippen LogP contribution in [0.3, 0.4) is 0 Å². The predicted octanol–water partition coefficient (Wildman–Crippen LogP) is 3.03. The molecule has 0 atom stereocenters. The van der Waals surface area contributed by atoms with Crippen molar-refractivity contribution in [1.29, 1.82) is 0 Å². The molecule has 1 N–H and O–H groups in total. The highest BCUT2D eigenvalue weighted by Gasteiger charge is 2.17. The number of likely N-dealkylation sites (tertiary alicyclic amines) is 1. The van der Waals surface area contributed by atoms with E-state index in [2.05, 4.69) is 17.3 Å². The van der Waals surface area contributed by atoms with E-state index in [1.165, 1.54) is 77.4 Å². The molecule has 1 saturated heterocycles. The molecule has 0 aromatic rings. The van der Waals surface area contributed by atoms with Crippen LogP contribution >= 0.6 is 0 Å². The summed E-state index contributed by atoms with van der Waals surface area (Å²) in [5.74, 6) is 0.990. The summed E-state index contributed by atoms with van der Waals surface area (Å²) in [6, 6.07) is 0.837. The molecule has 0 bridgehead atoms. The number of hydrogen-bond acceptors (Lipinski definition) is 2. The Hall–Kier alpha value is -0.0800. The highest BCUT2D eigenvalue weighted by Crippen LogP contribution is 2.20. The van der Waals surface area contributed by atoms with Gasteiger partial charge in [0.05, 0.1) is 0 Å². The van der Waals surface area contributed by atoms with E-state index in [-0.39, 0.29) is 0 Å². The van der Waals surface area contributed by atoms with Crippen molar-refractivity contribution in [3.05, 3.63) is 0 Å². The fourth-order valence-electron chi connectivity index (χ4n) is 3.33. The van der Waals surface area contributed by atoms with Crippen LogP contribution in [0.1, 0.15) is 57.8 Å². The molecule has 1 saturated carbocycles. The molecule has 0 unspecified atom stereocenters. The fraction of sp³-hybridized carbons (Fsp3) is 1.00. The van der Waals surface area contributed by atoms with Crippen LogP contribution in [0.25, 0.3) is 0 Å². The second-order valence-corrected chi connectivity index (χ2v) is 6.18. The summed E-state index contributed by atoms with van der Waals surface area (Å²) in [7, 11) is 2.25. The third-order valence-corrected chi connectivity index (χ3v) is 4.68. The van der Waals surface area contributed by atoms with E-state index in [0.717, 1.165) is 12.0 Å². The molecule has 0 aromatic carbocycles. The monoisotopic (exact) mass is 238 g/mol. The molecule has 100 valence electrons. The largest absolute Gasteiger partial charge is 0.314 e. The lowest BCUT2D eigenvalue weighted by atomic mass is 9.93. The second-order valence-electron chi connectivity index (χ2n) is 6.18. The number of nitrogens with zero attached hydrogens (tertiary/aromatic N) is 1. The molecule has 2 aliphatic rings. The summed E-state index contributed by atoms with van der Waals surface area (Å²) in [5.41, 5.74) is 0. The Bertz CT molecular complexity index is 189. The Balaban J connectivity index is 1.55. The van der Waals surface area contributed by atoms with Crippen molar-refractivity contribution in [3.63, 3.8) is 0 Å². The molecule has 0 radical (unpaired) electrons. The maximum absolute atomic E-state index is 3.81. The summed E-state index contributed by atoms with van der Waals surface area (Å²) in [5, 5.41) is 3.81. The van der Waals surface area contributed by atoms with Gasteiger partial charge in [0.2, 0.25) is 0 Å². The lowest BCUT2D eigenvalue weighted by Gasteiger charge is -2.29. The van der Waals surface area contributed by atoms with Crippen molar-refractivity contribution in [2.75, 3.05) is 26.7 Å². The summed E-state index contributed by atoms with van der Waals surface area (Å²) in [6.07, 6.45) is 12.9. The highest BCUT2D eigenvalue weighted by molar-refractivity contribution is 4.74. The van der Waals surface area contributed by atoms with Crippen LogP contribution < -0.4 is 5.32 Å². The van der Waals surface area contributed by atoms with Gasteiger partial charge in [-0.3, -0.25) is 0 Å². The molecular weight excluding hydrogens is 208 g/mol. The molecule has 1 heterocycles. The first-order chi connectivity index (χ1) is 8.34. The summed E-state index contributed by atoms with van der Waals surface area (Å²) >= 11 is 0. The normalized spacial score (nSPS) is 25.9. The molecule has 2 rings (SSSR count). The van der Waals surface area contributed by atoms with E-state index >= 15 is 0 Å². The Morgan fingerprint density at radius 1 is 0.941 bits per heavy atom. The van der Waals surface area contributed by atoms with Gasteiger partial charge in [0, 0.05) is 6.04 Å². The first kappa shape index (κ1) is 13.4. The molecule has 1 aliphatic heterocycles. The van der Waals surface area contributed by atoms with Crippen LogP contribution in [0.5, 0.6) is 0 Å². The third-order valence-electron chi connectivity index (χ3n) is 4.68. The summed E-state index contributed by atoms with van der Waals surface area (Å²) < 4.78 is 0. The molecule has 2 heteroatoms. The Morgan fingerprint density at radius 3 is 2.24 bits per heavy atom. The van der Waals surface area contributed by atoms with Crippen molar-refractivity contribution in [3.8, 4) is 0 Å². The zero-order chi connectivity index (χ0) is 11.9. The van der Waals surface area contributed by atoms with Crippen LogP contribution in [0.2, 0.25) is 0 Å². The predicted molar refractivity (Wildman–Crippen MR) is 74.3 cm³/mol. The van der Waals surface area contributed by atoms with Gasteiger partial charge in [-0.1, -0.05) is 25.7 Å². The topological polar surface area (TPSA) is 15.3 Å². The second kappa shape index (κ2) is 7.38. The smallest absolute Gasteiger partial charge is 0.00670 e. The highest BCUT2D eigenvalue weighted by atomic mass is 15.1. The van der Waals surface area contributed by atoms with E-state index < -0.39 is 0 Å². The van der Waals surface area contributed by atoms with Gasteiger partial charge in [-0.05, 0) is 64.7 Å². The minimum atomic E-state index is 0.837. The van der Waals surface area contributed by atoms with Crippen LogP contribution in [-0.4, -0.2) is 37.6 Å². The zero-order valence-corrected chi connectivity index (χ0v) is 11.6. The number of nitrogens with one attached hydrogen (secondary N) is 1. The molecule has 2 nitrogen and oxygen atoms in total. The average Bonchev–Trinajstić information content (AvgIpc) is 2.60. The van der Waals surface area contributed by atoms with E-state index in [9.17, 15) is 0 Å². The number of hydrogen-bond donors (Lipinski definition) is 1. The molecule has 0 aromatic heterocycles. The Kier molecular flexibility index (Phi) is 5.79. The van der Waals surface area contributed by atoms with Gasteiger partial charge >= 0.3 is 0 Å². The van der Waals surface area contributed by atoms with Gasteiger partial charge in [0.1, 0.15) is 0 Å². The van der Waals surface area contributed by atoms with E-state index in [1.807, 2.05) is 0 Å². The third kappa shape index (κ3) is 4.97. The number of rotatable bonds is 4. The zero-order valence-electron chi connectivity index (χ0n) is 11.6. The SMILES string of the molecule is CN1CCC(CCNC2CCCCCC2)CC1. The molecule has 0 amide bonds. The standard InChI is InChI=1S/C15H30N2/c1-17-12-9-14(10-13-17)8-11-16-15-6-4-2-3-5-7-15/h14-16H,2-13H2,1H3. The van der Waals surface area contributed by atoms with Gasteiger partial charge < -0.3 is 10.2 Å². The van der Waals surface area contributed by atoms with Crippen LogP contribution in [0, 0.1) is 5.92 Å². The van der Waals surface area contributed by atoms with Gasteiger partial charge in [-0.25, -0.2) is 0 Å². The average molecular weight is 238 g/mol. The minimum absolute atomic E-state index is 0.837. The maximum atomic E-state index is 3.81. The van der Waals surface area contributed by atoms with Crippen molar-refractivity contribution in [2.24, 2.45) is 5.92 Å². The lowest BCUT2D eigenvalue weighted by Crippen LogP contribution is -2.34. The van der Waals surface area contributed by atoms with E-state index in [0.29, 0.717) is 0 Å². The van der Waals surface area contributed by atoms with Crippen molar-refractivity contribution >= 4 is 0 Å². The maximum Gasteiger partial charge on any atom is 0.00670 e. The first-order valence-corrected chi connectivity index (χ1v) is 7.76. The van der Waals surface area contributed by atoms with Gasteiger partial charge in [-0.15, -0.1) is 0 Å². The quantitative estimate of drug-likeness (QED) is 0.757. The molecule has 0 spiro atoms. The summed E-state index contributed by atoms with van der Waals surface area (Å²) in [6.45, 7) is 3.89. The van der Waals surface area contributed by atoms with Gasteiger partial charge in [-0.2, -0.15) is 0 Å². The number of piperidine rings is 1. The van der Waals surface area contributed by atoms with Crippen molar-refractivity contribution in [2.45, 2.75) is 63.8 Å². The van der Waals surface area contributed by atoms with Crippen LogP contribution in [0.15, 0.2) is 0 Å². The van der Waals surface area contributed by atoms with Gasteiger partial charge in [0.25, 0.3) is 0 Å². The van der Waals surface area contributed by atoms with Gasteiger partial charge in [0.15, 0.2) is 0 Å². The van der Waals surface area contributed by atoms with Crippen LogP contribution in [0.4, 0.5) is 0 Å². The molecular formula is C15H30N2. The van der Waals surface area contributed by atoms with E-state index in [4.69, 9.17) is 0 Å². The fourth-order valence-corrected chi connectivity index (χ4v) is 3.33. The van der Waals surface area contributed by atoms with Crippen LogP contribution in [-0.2, 0) is 0 Å². The minimum Gasteiger partial charge on any atom is -0.314 e. The Labute approximate surface area is 107 Å².